The number of esters is 1. The van der Waals surface area contributed by atoms with Crippen LogP contribution in [0.5, 0.6) is 5.75 Å². The van der Waals surface area contributed by atoms with E-state index in [2.05, 4.69) is 0 Å². The minimum absolute atomic E-state index is 0.192. The molecule has 1 atom stereocenters. The quantitative estimate of drug-likeness (QED) is 0.668. The van der Waals surface area contributed by atoms with Gasteiger partial charge in [-0.1, -0.05) is 12.1 Å². The highest BCUT2D eigenvalue weighted by Gasteiger charge is 2.23. The third-order valence-corrected chi connectivity index (χ3v) is 2.35. The summed E-state index contributed by atoms with van der Waals surface area (Å²) < 4.78 is 5.18. The number of alkyl halides is 1. The van der Waals surface area contributed by atoms with Crippen LogP contribution in [0, 0.1) is 0 Å². The average Bonchev–Trinajstić information content (AvgIpc) is 2.19. The molecule has 0 aromatic heterocycles. The lowest BCUT2D eigenvalue weighted by atomic mass is 10.1. The lowest BCUT2D eigenvalue weighted by Gasteiger charge is -2.21. The highest BCUT2D eigenvalue weighted by atomic mass is 35.5. The minimum atomic E-state index is -0.709. The van der Waals surface area contributed by atoms with Gasteiger partial charge in [0.2, 0.25) is 0 Å². The molecule has 0 fully saturated rings. The largest absolute Gasteiger partial charge is 0.508 e. The Labute approximate surface area is 106 Å². The van der Waals surface area contributed by atoms with Crippen LogP contribution in [0.4, 0.5) is 0 Å². The summed E-state index contributed by atoms with van der Waals surface area (Å²) in [6, 6.07) is 6.59. The van der Waals surface area contributed by atoms with E-state index in [1.807, 2.05) is 0 Å². The van der Waals surface area contributed by atoms with E-state index in [-0.39, 0.29) is 5.75 Å². The molecule has 1 aromatic carbocycles. The number of aromatic hydroxyl groups is 1. The van der Waals surface area contributed by atoms with E-state index in [4.69, 9.17) is 21.4 Å². The van der Waals surface area contributed by atoms with Gasteiger partial charge in [-0.05, 0) is 44.9 Å². The first-order valence-corrected chi connectivity index (χ1v) is 5.86. The topological polar surface area (TPSA) is 46.5 Å². The van der Waals surface area contributed by atoms with Crippen LogP contribution >= 0.6 is 11.6 Å². The molecule has 0 unspecified atom stereocenters. The van der Waals surface area contributed by atoms with Crippen molar-refractivity contribution in [2.24, 2.45) is 0 Å². The molecule has 1 N–H and O–H groups in total. The predicted molar refractivity (Wildman–Crippen MR) is 67.3 cm³/mol. The summed E-state index contributed by atoms with van der Waals surface area (Å²) in [5.41, 5.74) is 0.354. The molecule has 0 amide bonds. The SMILES string of the molecule is CC(C)(C)OC(=O)[C@@H](Cl)Cc1ccc(O)cc1. The van der Waals surface area contributed by atoms with E-state index < -0.39 is 16.9 Å². The number of phenols is 1. The van der Waals surface area contributed by atoms with Crippen LogP contribution in [0.3, 0.4) is 0 Å². The summed E-state index contributed by atoms with van der Waals surface area (Å²) in [5.74, 6) is -0.232. The molecule has 94 valence electrons. The fourth-order valence-electron chi connectivity index (χ4n) is 1.29. The summed E-state index contributed by atoms with van der Waals surface area (Å²) in [5, 5.41) is 8.42. The molecular formula is C13H17ClO3. The van der Waals surface area contributed by atoms with Gasteiger partial charge in [-0.15, -0.1) is 11.6 Å². The second-order valence-corrected chi connectivity index (χ2v) is 5.40. The Morgan fingerprint density at radius 3 is 2.35 bits per heavy atom. The molecule has 0 aliphatic rings. The summed E-state index contributed by atoms with van der Waals surface area (Å²) >= 11 is 5.97. The number of carbonyl (C=O) groups excluding carboxylic acids is 1. The van der Waals surface area contributed by atoms with Crippen LogP contribution in [-0.2, 0) is 16.0 Å². The Kier molecular flexibility index (Phi) is 4.40. The second kappa shape index (κ2) is 5.41. The zero-order valence-electron chi connectivity index (χ0n) is 10.2. The van der Waals surface area contributed by atoms with Crippen LogP contribution in [-0.4, -0.2) is 22.1 Å². The molecule has 0 saturated heterocycles. The van der Waals surface area contributed by atoms with Gasteiger partial charge in [-0.3, -0.25) is 4.79 Å². The van der Waals surface area contributed by atoms with Crippen LogP contribution < -0.4 is 0 Å². The van der Waals surface area contributed by atoms with Crippen LogP contribution in [0.25, 0.3) is 0 Å². The highest BCUT2D eigenvalue weighted by molar-refractivity contribution is 6.30. The van der Waals surface area contributed by atoms with Gasteiger partial charge in [0.05, 0.1) is 0 Å². The van der Waals surface area contributed by atoms with Gasteiger partial charge in [0.25, 0.3) is 0 Å². The summed E-state index contributed by atoms with van der Waals surface area (Å²) in [4.78, 5) is 11.6. The van der Waals surface area contributed by atoms with Crippen molar-refractivity contribution < 1.29 is 14.6 Å². The van der Waals surface area contributed by atoms with E-state index in [0.717, 1.165) is 5.56 Å². The maximum atomic E-state index is 11.6. The predicted octanol–water partition coefficient (Wildman–Crippen LogP) is 2.88. The second-order valence-electron chi connectivity index (χ2n) is 4.87. The van der Waals surface area contributed by atoms with Crippen molar-refractivity contribution in [3.8, 4) is 5.75 Å². The fourth-order valence-corrected chi connectivity index (χ4v) is 1.51. The first-order chi connectivity index (χ1) is 7.78. The van der Waals surface area contributed by atoms with E-state index in [1.165, 1.54) is 0 Å². The number of hydrogen-bond acceptors (Lipinski definition) is 3. The number of carbonyl (C=O) groups is 1. The van der Waals surface area contributed by atoms with Gasteiger partial charge >= 0.3 is 5.97 Å². The van der Waals surface area contributed by atoms with E-state index >= 15 is 0 Å². The normalized spacial score (nSPS) is 13.2. The Balaban J connectivity index is 2.57. The molecule has 0 aliphatic carbocycles. The lowest BCUT2D eigenvalue weighted by Crippen LogP contribution is -2.30. The minimum Gasteiger partial charge on any atom is -0.508 e. The Morgan fingerprint density at radius 2 is 1.88 bits per heavy atom. The molecule has 0 spiro atoms. The molecule has 0 bridgehead atoms. The van der Waals surface area contributed by atoms with Crippen molar-refractivity contribution in [2.45, 2.75) is 38.2 Å². The number of ether oxygens (including phenoxy) is 1. The van der Waals surface area contributed by atoms with Gasteiger partial charge in [0.1, 0.15) is 16.7 Å². The van der Waals surface area contributed by atoms with Gasteiger partial charge < -0.3 is 9.84 Å². The molecule has 0 saturated carbocycles. The number of halogens is 1. The first-order valence-electron chi connectivity index (χ1n) is 5.43. The van der Waals surface area contributed by atoms with Crippen LogP contribution in [0.1, 0.15) is 26.3 Å². The van der Waals surface area contributed by atoms with Gasteiger partial charge in [0.15, 0.2) is 0 Å². The maximum Gasteiger partial charge on any atom is 0.324 e. The Morgan fingerprint density at radius 1 is 1.35 bits per heavy atom. The summed E-state index contributed by atoms with van der Waals surface area (Å²) in [6.45, 7) is 5.40. The molecule has 3 nitrogen and oxygen atoms in total. The molecule has 4 heteroatoms. The Bertz CT molecular complexity index is 379. The molecular weight excluding hydrogens is 240 g/mol. The number of rotatable bonds is 3. The standard InChI is InChI=1S/C13H17ClO3/c1-13(2,3)17-12(16)11(14)8-9-4-6-10(15)7-5-9/h4-7,11,15H,8H2,1-3H3/t11-/m0/s1. The van der Waals surface area contributed by atoms with Crippen molar-refractivity contribution in [1.82, 2.24) is 0 Å². The van der Waals surface area contributed by atoms with Crippen molar-refractivity contribution in [3.05, 3.63) is 29.8 Å². The molecule has 17 heavy (non-hydrogen) atoms. The zero-order valence-corrected chi connectivity index (χ0v) is 11.0. The maximum absolute atomic E-state index is 11.6. The molecule has 1 rings (SSSR count). The smallest absolute Gasteiger partial charge is 0.324 e. The Hall–Kier alpha value is -1.22. The van der Waals surface area contributed by atoms with Gasteiger partial charge in [0, 0.05) is 0 Å². The number of benzene rings is 1. The third kappa shape index (κ3) is 5.09. The van der Waals surface area contributed by atoms with Crippen molar-refractivity contribution >= 4 is 17.6 Å². The molecule has 0 radical (unpaired) electrons. The summed E-state index contributed by atoms with van der Waals surface area (Å²) in [6.07, 6.45) is 0.386. The monoisotopic (exact) mass is 256 g/mol. The van der Waals surface area contributed by atoms with E-state index in [9.17, 15) is 4.79 Å². The zero-order chi connectivity index (χ0) is 13.1. The summed E-state index contributed by atoms with van der Waals surface area (Å²) in [7, 11) is 0. The van der Waals surface area contributed by atoms with Gasteiger partial charge in [-0.25, -0.2) is 0 Å². The number of hydrogen-bond donors (Lipinski definition) is 1. The van der Waals surface area contributed by atoms with Crippen LogP contribution in [0.2, 0.25) is 0 Å². The number of phenolic OH excluding ortho intramolecular Hbond substituents is 1. The molecule has 1 aromatic rings. The fraction of sp³-hybridized carbons (Fsp3) is 0.462. The van der Waals surface area contributed by atoms with Crippen molar-refractivity contribution in [2.75, 3.05) is 0 Å². The third-order valence-electron chi connectivity index (χ3n) is 2.01. The van der Waals surface area contributed by atoms with Crippen molar-refractivity contribution in [3.63, 3.8) is 0 Å². The highest BCUT2D eigenvalue weighted by Crippen LogP contribution is 2.16. The molecule has 0 aliphatic heterocycles. The van der Waals surface area contributed by atoms with E-state index in [0.29, 0.717) is 6.42 Å². The first kappa shape index (κ1) is 13.8. The van der Waals surface area contributed by atoms with Crippen LogP contribution in [0.15, 0.2) is 24.3 Å². The van der Waals surface area contributed by atoms with E-state index in [1.54, 1.807) is 45.0 Å². The van der Waals surface area contributed by atoms with Crippen molar-refractivity contribution in [1.29, 1.82) is 0 Å². The lowest BCUT2D eigenvalue weighted by molar-refractivity contribution is -0.154. The van der Waals surface area contributed by atoms with Gasteiger partial charge in [-0.2, -0.15) is 0 Å². The molecule has 0 heterocycles. The average molecular weight is 257 g/mol.